The summed E-state index contributed by atoms with van der Waals surface area (Å²) in [5, 5.41) is 14.0. The van der Waals surface area contributed by atoms with E-state index in [-0.39, 0.29) is 11.6 Å². The molecule has 0 radical (unpaired) electrons. The van der Waals surface area contributed by atoms with Crippen LogP contribution < -0.4 is 15.4 Å². The first-order valence-corrected chi connectivity index (χ1v) is 8.35. The Morgan fingerprint density at radius 1 is 1.16 bits per heavy atom. The number of hydrogen-bond donors (Lipinski definition) is 2. The highest BCUT2D eigenvalue weighted by molar-refractivity contribution is 6.03. The zero-order valence-electron chi connectivity index (χ0n) is 15.0. The van der Waals surface area contributed by atoms with Crippen LogP contribution >= 0.6 is 0 Å². The van der Waals surface area contributed by atoms with E-state index in [9.17, 15) is 4.79 Å². The van der Waals surface area contributed by atoms with Crippen molar-refractivity contribution in [2.45, 2.75) is 13.3 Å². The SMILES string of the molecule is CCOc1ccccc1NC(=O)c1ccc(NCCCN(C)C)nn1. The monoisotopic (exact) mass is 343 g/mol. The third-order valence-corrected chi connectivity index (χ3v) is 3.42. The summed E-state index contributed by atoms with van der Waals surface area (Å²) in [6.45, 7) is 4.23. The summed E-state index contributed by atoms with van der Waals surface area (Å²) in [5.41, 5.74) is 0.868. The summed E-state index contributed by atoms with van der Waals surface area (Å²) >= 11 is 0. The molecule has 1 aromatic heterocycles. The van der Waals surface area contributed by atoms with Crippen LogP contribution in [0.3, 0.4) is 0 Å². The number of benzene rings is 1. The quantitative estimate of drug-likeness (QED) is 0.681. The van der Waals surface area contributed by atoms with Gasteiger partial charge in [0, 0.05) is 6.54 Å². The maximum atomic E-state index is 12.3. The van der Waals surface area contributed by atoms with Gasteiger partial charge in [-0.05, 0) is 58.3 Å². The Kier molecular flexibility index (Phi) is 7.16. The molecule has 134 valence electrons. The number of rotatable bonds is 9. The lowest BCUT2D eigenvalue weighted by molar-refractivity contribution is 0.102. The molecule has 1 heterocycles. The molecule has 0 aliphatic rings. The molecule has 0 saturated heterocycles. The average molecular weight is 343 g/mol. The fourth-order valence-corrected chi connectivity index (χ4v) is 2.20. The van der Waals surface area contributed by atoms with Crippen molar-refractivity contribution >= 4 is 17.4 Å². The molecule has 0 unspecified atom stereocenters. The van der Waals surface area contributed by atoms with Gasteiger partial charge < -0.3 is 20.3 Å². The molecule has 0 aliphatic heterocycles. The van der Waals surface area contributed by atoms with E-state index in [1.54, 1.807) is 18.2 Å². The predicted molar refractivity (Wildman–Crippen MR) is 99.3 cm³/mol. The van der Waals surface area contributed by atoms with Crippen LogP contribution in [0.5, 0.6) is 5.75 Å². The van der Waals surface area contributed by atoms with Gasteiger partial charge in [-0.1, -0.05) is 12.1 Å². The first-order chi connectivity index (χ1) is 12.1. The maximum absolute atomic E-state index is 12.3. The molecule has 25 heavy (non-hydrogen) atoms. The Morgan fingerprint density at radius 3 is 2.64 bits per heavy atom. The number of para-hydroxylation sites is 2. The molecule has 0 fully saturated rings. The Morgan fingerprint density at radius 2 is 1.96 bits per heavy atom. The van der Waals surface area contributed by atoms with Gasteiger partial charge in [0.15, 0.2) is 5.69 Å². The van der Waals surface area contributed by atoms with Gasteiger partial charge in [0.1, 0.15) is 11.6 Å². The number of ether oxygens (including phenoxy) is 1. The zero-order chi connectivity index (χ0) is 18.1. The van der Waals surface area contributed by atoms with E-state index < -0.39 is 0 Å². The van der Waals surface area contributed by atoms with Crippen LogP contribution in [0.1, 0.15) is 23.8 Å². The fourth-order valence-electron chi connectivity index (χ4n) is 2.20. The minimum absolute atomic E-state index is 0.255. The highest BCUT2D eigenvalue weighted by atomic mass is 16.5. The largest absolute Gasteiger partial charge is 0.492 e. The standard InChI is InChI=1S/C18H25N5O2/c1-4-25-16-9-6-5-8-14(16)20-18(24)15-10-11-17(22-21-15)19-12-7-13-23(2)3/h5-6,8-11H,4,7,12-13H2,1-3H3,(H,19,22)(H,20,24). The summed E-state index contributed by atoms with van der Waals surface area (Å²) in [7, 11) is 4.08. The van der Waals surface area contributed by atoms with Gasteiger partial charge in [0.05, 0.1) is 12.3 Å². The first kappa shape index (κ1) is 18.7. The second kappa shape index (κ2) is 9.58. The van der Waals surface area contributed by atoms with Crippen LogP contribution in [0, 0.1) is 0 Å². The second-order valence-electron chi connectivity index (χ2n) is 5.77. The molecular weight excluding hydrogens is 318 g/mol. The molecule has 0 spiro atoms. The van der Waals surface area contributed by atoms with Crippen LogP contribution in [0.15, 0.2) is 36.4 Å². The fraction of sp³-hybridized carbons (Fsp3) is 0.389. The highest BCUT2D eigenvalue weighted by Gasteiger charge is 2.11. The van der Waals surface area contributed by atoms with Gasteiger partial charge in [-0.3, -0.25) is 4.79 Å². The van der Waals surface area contributed by atoms with Gasteiger partial charge in [0.25, 0.3) is 5.91 Å². The Bertz CT molecular complexity index is 673. The van der Waals surface area contributed by atoms with Gasteiger partial charge >= 0.3 is 0 Å². The number of hydrogen-bond acceptors (Lipinski definition) is 6. The van der Waals surface area contributed by atoms with Crippen molar-refractivity contribution in [3.63, 3.8) is 0 Å². The lowest BCUT2D eigenvalue weighted by Gasteiger charge is -2.11. The molecule has 0 aliphatic carbocycles. The third-order valence-electron chi connectivity index (χ3n) is 3.42. The first-order valence-electron chi connectivity index (χ1n) is 8.35. The number of carbonyl (C=O) groups is 1. The number of nitrogens with one attached hydrogen (secondary N) is 2. The van der Waals surface area contributed by atoms with Crippen LogP contribution in [0.2, 0.25) is 0 Å². The Hall–Kier alpha value is -2.67. The molecule has 7 heteroatoms. The summed E-state index contributed by atoms with van der Waals surface area (Å²) in [5.74, 6) is 0.967. The molecule has 2 N–H and O–H groups in total. The van der Waals surface area contributed by atoms with Crippen molar-refractivity contribution in [2.75, 3.05) is 44.4 Å². The molecule has 2 rings (SSSR count). The smallest absolute Gasteiger partial charge is 0.276 e. The molecule has 1 amide bonds. The molecule has 1 aromatic carbocycles. The number of amides is 1. The summed E-state index contributed by atoms with van der Waals surface area (Å²) in [6.07, 6.45) is 1.01. The molecular formula is C18H25N5O2. The van der Waals surface area contributed by atoms with Crippen molar-refractivity contribution in [3.8, 4) is 5.75 Å². The minimum atomic E-state index is -0.321. The molecule has 7 nitrogen and oxygen atoms in total. The minimum Gasteiger partial charge on any atom is -0.492 e. The molecule has 2 aromatic rings. The van der Waals surface area contributed by atoms with E-state index in [4.69, 9.17) is 4.74 Å². The van der Waals surface area contributed by atoms with Crippen LogP contribution in [-0.2, 0) is 0 Å². The molecule has 0 bridgehead atoms. The maximum Gasteiger partial charge on any atom is 0.276 e. The van der Waals surface area contributed by atoms with Crippen LogP contribution in [0.25, 0.3) is 0 Å². The number of aromatic nitrogens is 2. The van der Waals surface area contributed by atoms with E-state index in [1.165, 1.54) is 0 Å². The van der Waals surface area contributed by atoms with Crippen LogP contribution in [0.4, 0.5) is 11.5 Å². The highest BCUT2D eigenvalue weighted by Crippen LogP contribution is 2.24. The van der Waals surface area contributed by atoms with Crippen molar-refractivity contribution in [1.29, 1.82) is 0 Å². The number of anilines is 2. The second-order valence-corrected chi connectivity index (χ2v) is 5.77. The average Bonchev–Trinajstić information content (AvgIpc) is 2.61. The molecule has 0 saturated carbocycles. The Labute approximate surface area is 148 Å². The summed E-state index contributed by atoms with van der Waals surface area (Å²) < 4.78 is 5.50. The zero-order valence-corrected chi connectivity index (χ0v) is 15.0. The number of carbonyl (C=O) groups excluding carboxylic acids is 1. The predicted octanol–water partition coefficient (Wildman–Crippen LogP) is 2.49. The van der Waals surface area contributed by atoms with Crippen molar-refractivity contribution < 1.29 is 9.53 Å². The summed E-state index contributed by atoms with van der Waals surface area (Å²) in [4.78, 5) is 14.4. The van der Waals surface area contributed by atoms with E-state index >= 15 is 0 Å². The lowest BCUT2D eigenvalue weighted by Crippen LogP contribution is -2.17. The lowest BCUT2D eigenvalue weighted by atomic mass is 10.2. The number of nitrogens with zero attached hydrogens (tertiary/aromatic N) is 3. The van der Waals surface area contributed by atoms with Crippen molar-refractivity contribution in [3.05, 3.63) is 42.1 Å². The van der Waals surface area contributed by atoms with E-state index in [0.717, 1.165) is 19.5 Å². The van der Waals surface area contributed by atoms with Gasteiger partial charge in [-0.25, -0.2) is 0 Å². The van der Waals surface area contributed by atoms with Gasteiger partial charge in [0.2, 0.25) is 0 Å². The summed E-state index contributed by atoms with van der Waals surface area (Å²) in [6, 6.07) is 10.7. The van der Waals surface area contributed by atoms with E-state index in [1.807, 2.05) is 39.2 Å². The van der Waals surface area contributed by atoms with Crippen molar-refractivity contribution in [2.24, 2.45) is 0 Å². The van der Waals surface area contributed by atoms with Gasteiger partial charge in [-0.2, -0.15) is 0 Å². The van der Waals surface area contributed by atoms with Gasteiger partial charge in [-0.15, -0.1) is 10.2 Å². The normalized spacial score (nSPS) is 10.6. The van der Waals surface area contributed by atoms with Crippen LogP contribution in [-0.4, -0.2) is 54.8 Å². The molecule has 0 atom stereocenters. The Balaban J connectivity index is 1.92. The van der Waals surface area contributed by atoms with E-state index in [2.05, 4.69) is 25.7 Å². The van der Waals surface area contributed by atoms with E-state index in [0.29, 0.717) is 23.9 Å². The topological polar surface area (TPSA) is 79.4 Å². The third kappa shape index (κ3) is 6.04. The van der Waals surface area contributed by atoms with Crippen molar-refractivity contribution in [1.82, 2.24) is 15.1 Å².